The standard InChI is InChI=1S/C24H19FN2O4S/c1-14-4-3-5-15(2)22(14)26-21(28)13-27-23(29)20(32-24(27)30)12-18-10-11-19(31-18)16-6-8-17(25)9-7-16/h3-12H,13H2,1-2H3,(H,26,28)/b20-12-. The van der Waals surface area contributed by atoms with Crippen LogP contribution in [0.3, 0.4) is 0 Å². The molecule has 3 amide bonds. The Morgan fingerprint density at radius 2 is 1.75 bits per heavy atom. The highest BCUT2D eigenvalue weighted by atomic mass is 32.2. The maximum Gasteiger partial charge on any atom is 0.294 e. The van der Waals surface area contributed by atoms with Crippen LogP contribution in [0.4, 0.5) is 14.9 Å². The smallest absolute Gasteiger partial charge is 0.294 e. The molecular formula is C24H19FN2O4S. The average Bonchev–Trinajstić information content (AvgIpc) is 3.32. The van der Waals surface area contributed by atoms with Crippen LogP contribution in [0, 0.1) is 19.7 Å². The molecule has 0 saturated carbocycles. The Bertz CT molecular complexity index is 1230. The lowest BCUT2D eigenvalue weighted by Gasteiger charge is -2.15. The fourth-order valence-corrected chi connectivity index (χ4v) is 4.12. The molecule has 4 rings (SSSR count). The second kappa shape index (κ2) is 8.84. The number of nitrogens with one attached hydrogen (secondary N) is 1. The van der Waals surface area contributed by atoms with E-state index in [0.29, 0.717) is 22.8 Å². The molecule has 8 heteroatoms. The lowest BCUT2D eigenvalue weighted by molar-refractivity contribution is -0.127. The monoisotopic (exact) mass is 450 g/mol. The fourth-order valence-electron chi connectivity index (χ4n) is 3.30. The normalized spacial score (nSPS) is 15.0. The highest BCUT2D eigenvalue weighted by Crippen LogP contribution is 2.33. The van der Waals surface area contributed by atoms with Crippen molar-refractivity contribution in [3.05, 3.63) is 82.2 Å². The lowest BCUT2D eigenvalue weighted by Crippen LogP contribution is -2.36. The highest BCUT2D eigenvalue weighted by molar-refractivity contribution is 8.18. The Balaban J connectivity index is 1.46. The van der Waals surface area contributed by atoms with Crippen LogP contribution >= 0.6 is 11.8 Å². The van der Waals surface area contributed by atoms with Crippen molar-refractivity contribution in [2.24, 2.45) is 0 Å². The van der Waals surface area contributed by atoms with E-state index in [0.717, 1.165) is 27.8 Å². The minimum Gasteiger partial charge on any atom is -0.457 e. The zero-order valence-corrected chi connectivity index (χ0v) is 18.2. The number of carbonyl (C=O) groups excluding carboxylic acids is 3. The molecule has 162 valence electrons. The van der Waals surface area contributed by atoms with Gasteiger partial charge in [0.2, 0.25) is 5.91 Å². The number of hydrogen-bond acceptors (Lipinski definition) is 5. The molecule has 0 aliphatic carbocycles. The molecule has 0 unspecified atom stereocenters. The maximum atomic E-state index is 13.1. The molecule has 1 saturated heterocycles. The van der Waals surface area contributed by atoms with E-state index in [9.17, 15) is 18.8 Å². The third-order valence-corrected chi connectivity index (χ3v) is 5.86. The van der Waals surface area contributed by atoms with Crippen molar-refractivity contribution < 1.29 is 23.2 Å². The predicted octanol–water partition coefficient (Wildman–Crippen LogP) is 5.38. The van der Waals surface area contributed by atoms with Crippen LogP contribution in [0.5, 0.6) is 0 Å². The molecule has 6 nitrogen and oxygen atoms in total. The molecule has 0 bridgehead atoms. The van der Waals surface area contributed by atoms with Gasteiger partial charge in [-0.1, -0.05) is 18.2 Å². The number of benzene rings is 2. The lowest BCUT2D eigenvalue weighted by atomic mass is 10.1. The second-order valence-corrected chi connectivity index (χ2v) is 8.28. The summed E-state index contributed by atoms with van der Waals surface area (Å²) >= 11 is 0.747. The number of halogens is 1. The Morgan fingerprint density at radius 3 is 2.44 bits per heavy atom. The van der Waals surface area contributed by atoms with Gasteiger partial charge in [-0.05, 0) is 73.1 Å². The maximum absolute atomic E-state index is 13.1. The molecule has 1 aliphatic heterocycles. The van der Waals surface area contributed by atoms with E-state index in [-0.39, 0.29) is 17.3 Å². The first kappa shape index (κ1) is 21.6. The SMILES string of the molecule is Cc1cccc(C)c1NC(=O)CN1C(=O)S/C(=C\c2ccc(-c3ccc(F)cc3)o2)C1=O. The number of imide groups is 1. The summed E-state index contributed by atoms with van der Waals surface area (Å²) in [4.78, 5) is 38.6. The van der Waals surface area contributed by atoms with E-state index in [1.165, 1.54) is 18.2 Å². The summed E-state index contributed by atoms with van der Waals surface area (Å²) in [5.41, 5.74) is 3.13. The van der Waals surface area contributed by atoms with E-state index in [1.807, 2.05) is 32.0 Å². The van der Waals surface area contributed by atoms with Gasteiger partial charge in [0.05, 0.1) is 4.91 Å². The number of furan rings is 1. The van der Waals surface area contributed by atoms with Gasteiger partial charge < -0.3 is 9.73 Å². The largest absolute Gasteiger partial charge is 0.457 e. The third-order valence-electron chi connectivity index (χ3n) is 4.95. The second-order valence-electron chi connectivity index (χ2n) is 7.29. The molecule has 1 aliphatic rings. The number of hydrogen-bond donors (Lipinski definition) is 1. The molecule has 2 heterocycles. The van der Waals surface area contributed by atoms with Gasteiger partial charge in [-0.2, -0.15) is 0 Å². The van der Waals surface area contributed by atoms with E-state index in [2.05, 4.69) is 5.32 Å². The van der Waals surface area contributed by atoms with Gasteiger partial charge in [0, 0.05) is 17.3 Å². The van der Waals surface area contributed by atoms with Gasteiger partial charge in [0.1, 0.15) is 23.9 Å². The van der Waals surface area contributed by atoms with Gasteiger partial charge in [-0.3, -0.25) is 19.3 Å². The number of amides is 3. The topological polar surface area (TPSA) is 79.6 Å². The first-order valence-electron chi connectivity index (χ1n) is 9.79. The Morgan fingerprint density at radius 1 is 1.06 bits per heavy atom. The quantitative estimate of drug-likeness (QED) is 0.528. The number of carbonyl (C=O) groups is 3. The van der Waals surface area contributed by atoms with Crippen LogP contribution in [0.2, 0.25) is 0 Å². The van der Waals surface area contributed by atoms with Crippen LogP contribution in [0.1, 0.15) is 16.9 Å². The van der Waals surface area contributed by atoms with Crippen molar-refractivity contribution in [2.75, 3.05) is 11.9 Å². The van der Waals surface area contributed by atoms with E-state index >= 15 is 0 Å². The van der Waals surface area contributed by atoms with Crippen LogP contribution in [0.25, 0.3) is 17.4 Å². The minimum absolute atomic E-state index is 0.162. The Hall–Kier alpha value is -3.65. The van der Waals surface area contributed by atoms with Crippen LogP contribution in [0.15, 0.2) is 63.9 Å². The van der Waals surface area contributed by atoms with Gasteiger partial charge in [-0.25, -0.2) is 4.39 Å². The molecular weight excluding hydrogens is 431 g/mol. The molecule has 0 spiro atoms. The zero-order chi connectivity index (χ0) is 22.8. The average molecular weight is 450 g/mol. The number of nitrogens with zero attached hydrogens (tertiary/aromatic N) is 1. The highest BCUT2D eigenvalue weighted by Gasteiger charge is 2.36. The van der Waals surface area contributed by atoms with Crippen LogP contribution in [-0.4, -0.2) is 28.5 Å². The molecule has 3 aromatic rings. The Labute approximate surface area is 188 Å². The van der Waals surface area contributed by atoms with Crippen molar-refractivity contribution >= 4 is 40.6 Å². The first-order chi connectivity index (χ1) is 15.3. The van der Waals surface area contributed by atoms with E-state index in [1.54, 1.807) is 24.3 Å². The molecule has 0 radical (unpaired) electrons. The third kappa shape index (κ3) is 4.50. The number of aryl methyl sites for hydroxylation is 2. The minimum atomic E-state index is -0.559. The molecule has 1 N–H and O–H groups in total. The van der Waals surface area contributed by atoms with Crippen LogP contribution in [-0.2, 0) is 9.59 Å². The summed E-state index contributed by atoms with van der Waals surface area (Å²) in [5.74, 6) is -0.493. The molecule has 2 aromatic carbocycles. The summed E-state index contributed by atoms with van der Waals surface area (Å²) in [6.07, 6.45) is 1.46. The molecule has 0 atom stereocenters. The van der Waals surface area contributed by atoms with Crippen LogP contribution < -0.4 is 5.32 Å². The summed E-state index contributed by atoms with van der Waals surface area (Å²) in [7, 11) is 0. The van der Waals surface area contributed by atoms with Gasteiger partial charge >= 0.3 is 0 Å². The van der Waals surface area contributed by atoms with Crippen molar-refractivity contribution in [1.29, 1.82) is 0 Å². The number of anilines is 1. The van der Waals surface area contributed by atoms with Crippen molar-refractivity contribution in [2.45, 2.75) is 13.8 Å². The van der Waals surface area contributed by atoms with Gasteiger partial charge in [-0.15, -0.1) is 0 Å². The molecule has 1 aromatic heterocycles. The molecule has 1 fully saturated rings. The van der Waals surface area contributed by atoms with E-state index < -0.39 is 17.1 Å². The molecule has 32 heavy (non-hydrogen) atoms. The van der Waals surface area contributed by atoms with E-state index in [4.69, 9.17) is 4.42 Å². The number of rotatable bonds is 5. The summed E-state index contributed by atoms with van der Waals surface area (Å²) in [5, 5.41) is 2.25. The van der Waals surface area contributed by atoms with Crippen molar-refractivity contribution in [3.8, 4) is 11.3 Å². The van der Waals surface area contributed by atoms with Gasteiger partial charge in [0.15, 0.2) is 0 Å². The first-order valence-corrected chi connectivity index (χ1v) is 10.6. The van der Waals surface area contributed by atoms with Gasteiger partial charge in [0.25, 0.3) is 11.1 Å². The number of thioether (sulfide) groups is 1. The van der Waals surface area contributed by atoms with Crippen molar-refractivity contribution in [1.82, 2.24) is 4.90 Å². The zero-order valence-electron chi connectivity index (χ0n) is 17.3. The fraction of sp³-hybridized carbons (Fsp3) is 0.125. The Kier molecular flexibility index (Phi) is 5.96. The predicted molar refractivity (Wildman–Crippen MR) is 121 cm³/mol. The number of para-hydroxylation sites is 1. The summed E-state index contributed by atoms with van der Waals surface area (Å²) < 4.78 is 18.8. The van der Waals surface area contributed by atoms with Crippen molar-refractivity contribution in [3.63, 3.8) is 0 Å². The summed E-state index contributed by atoms with van der Waals surface area (Å²) in [6, 6.07) is 14.8. The summed E-state index contributed by atoms with van der Waals surface area (Å²) in [6.45, 7) is 3.36.